The van der Waals surface area contributed by atoms with Crippen molar-refractivity contribution in [2.75, 3.05) is 45.7 Å². The minimum Gasteiger partial charge on any atom is -0.493 e. The number of aromatic nitrogens is 1. The molecular formula is C19H24N4O5. The number of rotatable bonds is 5. The van der Waals surface area contributed by atoms with Crippen molar-refractivity contribution >= 4 is 17.8 Å². The molecule has 0 bridgehead atoms. The van der Waals surface area contributed by atoms with Crippen molar-refractivity contribution in [3.8, 4) is 11.5 Å². The lowest BCUT2D eigenvalue weighted by Gasteiger charge is -2.34. The second kappa shape index (κ2) is 8.64. The average molecular weight is 388 g/mol. The van der Waals surface area contributed by atoms with E-state index in [0.29, 0.717) is 61.2 Å². The minimum atomic E-state index is -0.255. The van der Waals surface area contributed by atoms with E-state index in [0.717, 1.165) is 0 Å². The summed E-state index contributed by atoms with van der Waals surface area (Å²) >= 11 is 0. The van der Waals surface area contributed by atoms with Crippen LogP contribution in [0.5, 0.6) is 11.5 Å². The number of hydrogen-bond donors (Lipinski definition) is 1. The lowest BCUT2D eigenvalue weighted by atomic mass is 10.1. The van der Waals surface area contributed by atoms with Gasteiger partial charge in [0, 0.05) is 44.2 Å². The van der Waals surface area contributed by atoms with E-state index in [9.17, 15) is 9.59 Å². The molecular weight excluding hydrogens is 364 g/mol. The van der Waals surface area contributed by atoms with Crippen molar-refractivity contribution in [2.45, 2.75) is 13.3 Å². The molecule has 9 nitrogen and oxygen atoms in total. The fourth-order valence-electron chi connectivity index (χ4n) is 2.99. The van der Waals surface area contributed by atoms with Crippen molar-refractivity contribution in [2.24, 2.45) is 0 Å². The SMILES string of the molecule is CCc1cc(NC(=O)N2CCN(C(=O)c3ccc(OC)c(OC)c3)CC2)no1. The van der Waals surface area contributed by atoms with Crippen molar-refractivity contribution in [3.05, 3.63) is 35.6 Å². The molecule has 0 radical (unpaired) electrons. The number of nitrogens with zero attached hydrogens (tertiary/aromatic N) is 3. The first-order valence-corrected chi connectivity index (χ1v) is 9.08. The number of piperazine rings is 1. The molecule has 1 saturated heterocycles. The molecule has 2 aromatic rings. The zero-order valence-electron chi connectivity index (χ0n) is 16.2. The Hall–Kier alpha value is -3.23. The number of carbonyl (C=O) groups excluding carboxylic acids is 2. The fraction of sp³-hybridized carbons (Fsp3) is 0.421. The Kier molecular flexibility index (Phi) is 6.03. The number of carbonyl (C=O) groups is 2. The largest absolute Gasteiger partial charge is 0.493 e. The number of amides is 3. The van der Waals surface area contributed by atoms with Crippen molar-refractivity contribution < 1.29 is 23.6 Å². The highest BCUT2D eigenvalue weighted by Gasteiger charge is 2.26. The summed E-state index contributed by atoms with van der Waals surface area (Å²) in [5, 5.41) is 6.53. The van der Waals surface area contributed by atoms with Crippen molar-refractivity contribution in [3.63, 3.8) is 0 Å². The zero-order valence-corrected chi connectivity index (χ0v) is 16.2. The summed E-state index contributed by atoms with van der Waals surface area (Å²) in [6.07, 6.45) is 0.708. The highest BCUT2D eigenvalue weighted by atomic mass is 16.5. The standard InChI is InChI=1S/C19H24N4O5/c1-4-14-12-17(21-28-14)20-19(25)23-9-7-22(8-10-23)18(24)13-5-6-15(26-2)16(11-13)27-3/h5-6,11-12H,4,7-10H2,1-3H3,(H,20,21,25). The van der Waals surface area contributed by atoms with Crippen LogP contribution in [0.3, 0.4) is 0 Å². The van der Waals surface area contributed by atoms with E-state index < -0.39 is 0 Å². The second-order valence-electron chi connectivity index (χ2n) is 6.31. The Morgan fingerprint density at radius 2 is 1.75 bits per heavy atom. The van der Waals surface area contributed by atoms with Gasteiger partial charge in [-0.25, -0.2) is 4.79 Å². The molecule has 0 spiro atoms. The Labute approximate surface area is 163 Å². The third kappa shape index (κ3) is 4.19. The maximum atomic E-state index is 12.8. The van der Waals surface area contributed by atoms with Crippen LogP contribution >= 0.6 is 0 Å². The molecule has 3 amide bonds. The van der Waals surface area contributed by atoms with Crippen molar-refractivity contribution in [1.29, 1.82) is 0 Å². The molecule has 3 rings (SSSR count). The number of methoxy groups -OCH3 is 2. The minimum absolute atomic E-state index is 0.106. The monoisotopic (exact) mass is 388 g/mol. The number of benzene rings is 1. The van der Waals surface area contributed by atoms with Gasteiger partial charge in [0.15, 0.2) is 17.3 Å². The number of nitrogens with one attached hydrogen (secondary N) is 1. The molecule has 0 aliphatic carbocycles. The Balaban J connectivity index is 1.57. The van der Waals surface area contributed by atoms with Crippen LogP contribution in [0.2, 0.25) is 0 Å². The topological polar surface area (TPSA) is 97.1 Å². The molecule has 9 heteroatoms. The third-order valence-electron chi connectivity index (χ3n) is 4.63. The highest BCUT2D eigenvalue weighted by molar-refractivity contribution is 5.95. The van der Waals surface area contributed by atoms with E-state index in [1.54, 1.807) is 41.2 Å². The summed E-state index contributed by atoms with van der Waals surface area (Å²) in [6.45, 7) is 3.70. The van der Waals surface area contributed by atoms with Crippen LogP contribution in [0.15, 0.2) is 28.8 Å². The fourth-order valence-corrected chi connectivity index (χ4v) is 2.99. The second-order valence-corrected chi connectivity index (χ2v) is 6.31. The molecule has 0 atom stereocenters. The van der Waals surface area contributed by atoms with Gasteiger partial charge in [-0.1, -0.05) is 12.1 Å². The van der Waals surface area contributed by atoms with E-state index in [2.05, 4.69) is 10.5 Å². The molecule has 1 aliphatic heterocycles. The first kappa shape index (κ1) is 19.5. The predicted molar refractivity (Wildman–Crippen MR) is 102 cm³/mol. The molecule has 0 saturated carbocycles. The predicted octanol–water partition coefficient (Wildman–Crippen LogP) is 2.24. The summed E-state index contributed by atoms with van der Waals surface area (Å²) in [5.74, 6) is 2.07. The molecule has 1 aromatic carbocycles. The first-order chi connectivity index (χ1) is 13.5. The number of urea groups is 1. The first-order valence-electron chi connectivity index (χ1n) is 9.08. The van der Waals surface area contributed by atoms with Crippen LogP contribution in [-0.4, -0.2) is 67.3 Å². The maximum absolute atomic E-state index is 12.8. The van der Waals surface area contributed by atoms with Gasteiger partial charge < -0.3 is 23.8 Å². The Morgan fingerprint density at radius 1 is 1.07 bits per heavy atom. The lowest BCUT2D eigenvalue weighted by Crippen LogP contribution is -2.51. The van der Waals surface area contributed by atoms with E-state index in [1.165, 1.54) is 7.11 Å². The summed E-state index contributed by atoms with van der Waals surface area (Å²) < 4.78 is 15.5. The van der Waals surface area contributed by atoms with Crippen LogP contribution in [0.4, 0.5) is 10.6 Å². The highest BCUT2D eigenvalue weighted by Crippen LogP contribution is 2.28. The average Bonchev–Trinajstić information content (AvgIpc) is 3.20. The molecule has 1 fully saturated rings. The van der Waals surface area contributed by atoms with Gasteiger partial charge >= 0.3 is 6.03 Å². The number of hydrogen-bond acceptors (Lipinski definition) is 6. The van der Waals surface area contributed by atoms with Crippen LogP contribution < -0.4 is 14.8 Å². The van der Waals surface area contributed by atoms with Crippen LogP contribution in [0, 0.1) is 0 Å². The molecule has 150 valence electrons. The van der Waals surface area contributed by atoms with Gasteiger partial charge in [0.25, 0.3) is 5.91 Å². The molecule has 1 N–H and O–H groups in total. The van der Waals surface area contributed by atoms with Crippen molar-refractivity contribution in [1.82, 2.24) is 15.0 Å². The number of anilines is 1. The summed E-state index contributed by atoms with van der Waals surface area (Å²) in [6, 6.07) is 6.52. The van der Waals surface area contributed by atoms with Gasteiger partial charge in [-0.05, 0) is 18.2 Å². The lowest BCUT2D eigenvalue weighted by molar-refractivity contribution is 0.0671. The summed E-state index contributed by atoms with van der Waals surface area (Å²) in [4.78, 5) is 28.5. The Bertz CT molecular complexity index is 843. The van der Waals surface area contributed by atoms with E-state index >= 15 is 0 Å². The molecule has 2 heterocycles. The van der Waals surface area contributed by atoms with Crippen LogP contribution in [-0.2, 0) is 6.42 Å². The Morgan fingerprint density at radius 3 is 2.36 bits per heavy atom. The summed E-state index contributed by atoms with van der Waals surface area (Å²) in [7, 11) is 3.08. The van der Waals surface area contributed by atoms with E-state index in [-0.39, 0.29) is 11.9 Å². The quantitative estimate of drug-likeness (QED) is 0.844. The van der Waals surface area contributed by atoms with Gasteiger partial charge in [0.1, 0.15) is 5.76 Å². The molecule has 1 aliphatic rings. The summed E-state index contributed by atoms with van der Waals surface area (Å²) in [5.41, 5.74) is 0.519. The molecule has 28 heavy (non-hydrogen) atoms. The number of aryl methyl sites for hydroxylation is 1. The van der Waals surface area contributed by atoms with Gasteiger partial charge in [-0.2, -0.15) is 0 Å². The van der Waals surface area contributed by atoms with Gasteiger partial charge in [0.05, 0.1) is 14.2 Å². The molecule has 0 unspecified atom stereocenters. The van der Waals surface area contributed by atoms with E-state index in [4.69, 9.17) is 14.0 Å². The maximum Gasteiger partial charge on any atom is 0.323 e. The molecule has 1 aromatic heterocycles. The normalized spacial score (nSPS) is 14.0. The zero-order chi connectivity index (χ0) is 20.1. The van der Waals surface area contributed by atoms with E-state index in [1.807, 2.05) is 6.92 Å². The van der Waals surface area contributed by atoms with Crippen LogP contribution in [0.1, 0.15) is 23.0 Å². The van der Waals surface area contributed by atoms with Gasteiger partial charge in [-0.15, -0.1) is 0 Å². The number of ether oxygens (including phenoxy) is 2. The smallest absolute Gasteiger partial charge is 0.323 e. The van der Waals surface area contributed by atoms with Gasteiger partial charge in [0.2, 0.25) is 0 Å². The van der Waals surface area contributed by atoms with Gasteiger partial charge in [-0.3, -0.25) is 10.1 Å². The van der Waals surface area contributed by atoms with Crippen LogP contribution in [0.25, 0.3) is 0 Å². The third-order valence-corrected chi connectivity index (χ3v) is 4.63.